The molecule has 0 aliphatic carbocycles. The normalized spacial score (nSPS) is 15.0. The van der Waals surface area contributed by atoms with Crippen LogP contribution >= 0.6 is 0 Å². The predicted molar refractivity (Wildman–Crippen MR) is 125 cm³/mol. The van der Waals surface area contributed by atoms with Gasteiger partial charge in [0.05, 0.1) is 12.0 Å². The molecule has 2 aromatic carbocycles. The van der Waals surface area contributed by atoms with Gasteiger partial charge in [-0.05, 0) is 38.1 Å². The molecule has 0 N–H and O–H groups in total. The molecule has 3 heterocycles. The van der Waals surface area contributed by atoms with Crippen molar-refractivity contribution in [2.24, 2.45) is 0 Å². The summed E-state index contributed by atoms with van der Waals surface area (Å²) < 4.78 is 11.6. The minimum Gasteiger partial charge on any atom is -0.461 e. The van der Waals surface area contributed by atoms with Crippen LogP contribution in [0.15, 0.2) is 56.1 Å². The lowest BCUT2D eigenvalue weighted by atomic mass is 9.98. The van der Waals surface area contributed by atoms with Crippen molar-refractivity contribution in [3.8, 4) is 11.1 Å². The third-order valence-electron chi connectivity index (χ3n) is 6.52. The maximum atomic E-state index is 12.9. The Morgan fingerprint density at radius 3 is 2.34 bits per heavy atom. The average molecular weight is 431 g/mol. The van der Waals surface area contributed by atoms with Crippen LogP contribution in [0.25, 0.3) is 33.1 Å². The number of likely N-dealkylation sites (N-methyl/N-ethyl adjacent to an activating group) is 1. The highest BCUT2D eigenvalue weighted by atomic mass is 16.4. The van der Waals surface area contributed by atoms with Crippen LogP contribution in [0.1, 0.15) is 16.9 Å². The number of benzene rings is 2. The second kappa shape index (κ2) is 7.95. The van der Waals surface area contributed by atoms with Crippen molar-refractivity contribution in [3.63, 3.8) is 0 Å². The molecule has 5 rings (SSSR count). The zero-order valence-electron chi connectivity index (χ0n) is 18.6. The van der Waals surface area contributed by atoms with Crippen molar-refractivity contribution < 1.29 is 13.6 Å². The maximum Gasteiger partial charge on any atom is 0.340 e. The summed E-state index contributed by atoms with van der Waals surface area (Å²) in [4.78, 5) is 29.7. The third-order valence-corrected chi connectivity index (χ3v) is 6.52. The van der Waals surface area contributed by atoms with Gasteiger partial charge >= 0.3 is 5.63 Å². The van der Waals surface area contributed by atoms with E-state index in [0.717, 1.165) is 46.3 Å². The largest absolute Gasteiger partial charge is 0.461 e. The molecule has 0 atom stereocenters. The highest BCUT2D eigenvalue weighted by Crippen LogP contribution is 2.37. The third kappa shape index (κ3) is 3.50. The van der Waals surface area contributed by atoms with Gasteiger partial charge in [-0.1, -0.05) is 30.3 Å². The molecule has 1 fully saturated rings. The molecular formula is C26H26N2O4. The first-order valence-electron chi connectivity index (χ1n) is 10.9. The van der Waals surface area contributed by atoms with Crippen LogP contribution in [0.3, 0.4) is 0 Å². The molecule has 0 saturated carbocycles. The fraction of sp³-hybridized carbons (Fsp3) is 0.308. The first-order chi connectivity index (χ1) is 15.4. The van der Waals surface area contributed by atoms with Crippen molar-refractivity contribution in [1.29, 1.82) is 0 Å². The van der Waals surface area contributed by atoms with Crippen LogP contribution in [-0.2, 0) is 11.2 Å². The highest BCUT2D eigenvalue weighted by Gasteiger charge is 2.23. The Kier molecular flexibility index (Phi) is 5.10. The van der Waals surface area contributed by atoms with E-state index in [1.165, 1.54) is 0 Å². The van der Waals surface area contributed by atoms with E-state index in [0.29, 0.717) is 29.8 Å². The van der Waals surface area contributed by atoms with E-state index in [4.69, 9.17) is 8.83 Å². The summed E-state index contributed by atoms with van der Waals surface area (Å²) in [6.07, 6.45) is 0.0574. The summed E-state index contributed by atoms with van der Waals surface area (Å²) in [5.41, 5.74) is 4.03. The molecule has 1 saturated heterocycles. The van der Waals surface area contributed by atoms with E-state index in [9.17, 15) is 9.59 Å². The van der Waals surface area contributed by atoms with Gasteiger partial charge in [0, 0.05) is 48.6 Å². The van der Waals surface area contributed by atoms with Gasteiger partial charge in [-0.3, -0.25) is 4.79 Å². The van der Waals surface area contributed by atoms with Crippen LogP contribution in [0.5, 0.6) is 0 Å². The number of furan rings is 1. The minimum atomic E-state index is -0.455. The van der Waals surface area contributed by atoms with Crippen LogP contribution < -0.4 is 5.63 Å². The Morgan fingerprint density at radius 1 is 0.938 bits per heavy atom. The molecule has 1 aliphatic rings. The second-order valence-electron chi connectivity index (χ2n) is 8.60. The summed E-state index contributed by atoms with van der Waals surface area (Å²) in [5.74, 6) is 0.782. The molecule has 1 aliphatic heterocycles. The van der Waals surface area contributed by atoms with Crippen LogP contribution in [-0.4, -0.2) is 48.9 Å². The molecule has 0 radical (unpaired) electrons. The number of carbonyl (C=O) groups is 1. The van der Waals surface area contributed by atoms with E-state index < -0.39 is 5.63 Å². The SMILES string of the molecule is Cc1oc2cc3oc(=O)c(CC(=O)N4CCN(C)CC4)c(C)c3cc2c1-c1ccccc1. The highest BCUT2D eigenvalue weighted by molar-refractivity contribution is 6.03. The molecule has 0 bridgehead atoms. The molecule has 6 nitrogen and oxygen atoms in total. The van der Waals surface area contributed by atoms with E-state index in [-0.39, 0.29) is 12.3 Å². The van der Waals surface area contributed by atoms with Crippen LogP contribution in [0, 0.1) is 13.8 Å². The molecule has 0 unspecified atom stereocenters. The number of aryl methyl sites for hydroxylation is 2. The lowest BCUT2D eigenvalue weighted by Crippen LogP contribution is -2.47. The number of hydrogen-bond donors (Lipinski definition) is 0. The van der Waals surface area contributed by atoms with E-state index in [2.05, 4.69) is 17.0 Å². The molecule has 6 heteroatoms. The van der Waals surface area contributed by atoms with Crippen molar-refractivity contribution in [2.45, 2.75) is 20.3 Å². The van der Waals surface area contributed by atoms with Gasteiger partial charge in [0.25, 0.3) is 0 Å². The number of amides is 1. The number of carbonyl (C=O) groups excluding carboxylic acids is 1. The van der Waals surface area contributed by atoms with Crippen molar-refractivity contribution in [2.75, 3.05) is 33.2 Å². The lowest BCUT2D eigenvalue weighted by molar-refractivity contribution is -0.132. The van der Waals surface area contributed by atoms with Crippen LogP contribution in [0.4, 0.5) is 0 Å². The fourth-order valence-corrected chi connectivity index (χ4v) is 4.59. The topological polar surface area (TPSA) is 66.9 Å². The molecular weight excluding hydrogens is 404 g/mol. The summed E-state index contributed by atoms with van der Waals surface area (Å²) >= 11 is 0. The number of hydrogen-bond acceptors (Lipinski definition) is 5. The molecule has 1 amide bonds. The Morgan fingerprint density at radius 2 is 1.62 bits per heavy atom. The van der Waals surface area contributed by atoms with Gasteiger partial charge in [-0.2, -0.15) is 0 Å². The Balaban J connectivity index is 1.59. The molecule has 2 aromatic heterocycles. The molecule has 32 heavy (non-hydrogen) atoms. The van der Waals surface area contributed by atoms with Gasteiger partial charge in [0.2, 0.25) is 5.91 Å². The Bertz CT molecular complexity index is 1380. The van der Waals surface area contributed by atoms with Crippen molar-refractivity contribution in [3.05, 3.63) is 69.8 Å². The van der Waals surface area contributed by atoms with Gasteiger partial charge < -0.3 is 18.6 Å². The Labute approximate surface area is 186 Å². The quantitative estimate of drug-likeness (QED) is 0.457. The smallest absolute Gasteiger partial charge is 0.340 e. The number of fused-ring (bicyclic) bond motifs is 2. The summed E-state index contributed by atoms with van der Waals surface area (Å²) in [7, 11) is 2.05. The first kappa shape index (κ1) is 20.5. The Hall–Kier alpha value is -3.38. The van der Waals surface area contributed by atoms with Gasteiger partial charge in [0.1, 0.15) is 16.9 Å². The van der Waals surface area contributed by atoms with Crippen molar-refractivity contribution >= 4 is 27.8 Å². The monoisotopic (exact) mass is 430 g/mol. The zero-order valence-corrected chi connectivity index (χ0v) is 18.6. The summed E-state index contributed by atoms with van der Waals surface area (Å²) in [6, 6.07) is 13.9. The maximum absolute atomic E-state index is 12.9. The summed E-state index contributed by atoms with van der Waals surface area (Å²) in [5, 5.41) is 1.80. The van der Waals surface area contributed by atoms with E-state index in [1.807, 2.05) is 50.1 Å². The predicted octanol–water partition coefficient (Wildman–Crippen LogP) is 4.14. The minimum absolute atomic E-state index is 0.0296. The van der Waals surface area contributed by atoms with Crippen LogP contribution in [0.2, 0.25) is 0 Å². The van der Waals surface area contributed by atoms with Crippen molar-refractivity contribution in [1.82, 2.24) is 9.80 Å². The van der Waals surface area contributed by atoms with Gasteiger partial charge in [-0.25, -0.2) is 4.79 Å². The molecule has 0 spiro atoms. The van der Waals surface area contributed by atoms with E-state index >= 15 is 0 Å². The van der Waals surface area contributed by atoms with Gasteiger partial charge in [-0.15, -0.1) is 0 Å². The van der Waals surface area contributed by atoms with E-state index in [1.54, 1.807) is 6.07 Å². The lowest BCUT2D eigenvalue weighted by Gasteiger charge is -2.32. The fourth-order valence-electron chi connectivity index (χ4n) is 4.59. The average Bonchev–Trinajstić information content (AvgIpc) is 3.11. The number of nitrogens with zero attached hydrogens (tertiary/aromatic N) is 2. The molecule has 4 aromatic rings. The molecule has 164 valence electrons. The summed E-state index contributed by atoms with van der Waals surface area (Å²) in [6.45, 7) is 6.89. The second-order valence-corrected chi connectivity index (χ2v) is 8.60. The zero-order chi connectivity index (χ0) is 22.4. The first-order valence-corrected chi connectivity index (χ1v) is 10.9. The number of rotatable bonds is 3. The van der Waals surface area contributed by atoms with Gasteiger partial charge in [0.15, 0.2) is 0 Å². The standard InChI is InChI=1S/C26H26N2O4/c1-16-19-13-21-23(31-17(2)25(21)18-7-5-4-6-8-18)15-22(19)32-26(30)20(16)14-24(29)28-11-9-27(3)10-12-28/h4-8,13,15H,9-12,14H2,1-3H3. The number of piperazine rings is 1.